The van der Waals surface area contributed by atoms with Gasteiger partial charge >= 0.3 is 0 Å². The van der Waals surface area contributed by atoms with E-state index in [0.29, 0.717) is 5.92 Å². The molecule has 2 unspecified atom stereocenters. The van der Waals surface area contributed by atoms with Crippen LogP contribution < -0.4 is 0 Å². The van der Waals surface area contributed by atoms with Gasteiger partial charge in [0.2, 0.25) is 0 Å². The van der Waals surface area contributed by atoms with E-state index in [9.17, 15) is 5.11 Å². The van der Waals surface area contributed by atoms with Crippen molar-refractivity contribution in [1.29, 1.82) is 0 Å². The minimum Gasteiger partial charge on any atom is -0.389 e. The summed E-state index contributed by atoms with van der Waals surface area (Å²) in [5, 5.41) is 9.52. The van der Waals surface area contributed by atoms with Crippen LogP contribution in [0.1, 0.15) is 44.9 Å². The third-order valence-electron chi connectivity index (χ3n) is 4.42. The SMILES string of the molecule is OC1C=C(C2CCOC3(CCC3)C2)CC1. The Morgan fingerprint density at radius 3 is 2.80 bits per heavy atom. The van der Waals surface area contributed by atoms with Gasteiger partial charge in [0.1, 0.15) is 0 Å². The van der Waals surface area contributed by atoms with E-state index < -0.39 is 0 Å². The Bertz CT molecular complexity index is 278. The number of ether oxygens (including phenoxy) is 1. The van der Waals surface area contributed by atoms with Gasteiger partial charge in [0, 0.05) is 6.61 Å². The number of hydrogen-bond acceptors (Lipinski definition) is 2. The molecule has 1 aliphatic heterocycles. The smallest absolute Gasteiger partial charge is 0.0726 e. The molecule has 3 rings (SSSR count). The van der Waals surface area contributed by atoms with Crippen molar-refractivity contribution >= 4 is 0 Å². The molecule has 2 nitrogen and oxygen atoms in total. The van der Waals surface area contributed by atoms with Crippen molar-refractivity contribution in [3.05, 3.63) is 11.6 Å². The molecule has 84 valence electrons. The molecule has 2 fully saturated rings. The maximum absolute atomic E-state index is 9.52. The summed E-state index contributed by atoms with van der Waals surface area (Å²) in [6.45, 7) is 0.929. The Labute approximate surface area is 91.3 Å². The summed E-state index contributed by atoms with van der Waals surface area (Å²) in [6.07, 6.45) is 10.2. The van der Waals surface area contributed by atoms with Gasteiger partial charge in [-0.3, -0.25) is 0 Å². The molecule has 1 saturated carbocycles. The molecule has 2 atom stereocenters. The van der Waals surface area contributed by atoms with Crippen LogP contribution in [0.3, 0.4) is 0 Å². The van der Waals surface area contributed by atoms with Crippen molar-refractivity contribution in [3.8, 4) is 0 Å². The van der Waals surface area contributed by atoms with E-state index in [1.54, 1.807) is 0 Å². The zero-order valence-corrected chi connectivity index (χ0v) is 9.24. The number of allylic oxidation sites excluding steroid dienone is 1. The lowest BCUT2D eigenvalue weighted by Gasteiger charge is -2.47. The van der Waals surface area contributed by atoms with Crippen LogP contribution in [0.2, 0.25) is 0 Å². The minimum absolute atomic E-state index is 0.166. The average molecular weight is 208 g/mol. The highest BCUT2D eigenvalue weighted by atomic mass is 16.5. The molecule has 0 amide bonds. The minimum atomic E-state index is -0.166. The summed E-state index contributed by atoms with van der Waals surface area (Å²) in [5.74, 6) is 0.705. The Kier molecular flexibility index (Phi) is 2.37. The molecule has 3 aliphatic rings. The zero-order valence-electron chi connectivity index (χ0n) is 9.24. The molecule has 1 N–H and O–H groups in total. The molecule has 1 saturated heterocycles. The highest BCUT2D eigenvalue weighted by Crippen LogP contribution is 2.47. The van der Waals surface area contributed by atoms with Crippen molar-refractivity contribution in [1.82, 2.24) is 0 Å². The van der Waals surface area contributed by atoms with Crippen LogP contribution in [0.5, 0.6) is 0 Å². The van der Waals surface area contributed by atoms with Crippen molar-refractivity contribution in [2.75, 3.05) is 6.61 Å². The van der Waals surface area contributed by atoms with E-state index in [2.05, 4.69) is 6.08 Å². The molecule has 0 aromatic heterocycles. The highest BCUT2D eigenvalue weighted by molar-refractivity contribution is 5.17. The van der Waals surface area contributed by atoms with Crippen molar-refractivity contribution < 1.29 is 9.84 Å². The van der Waals surface area contributed by atoms with Gasteiger partial charge in [0.05, 0.1) is 11.7 Å². The molecular formula is C13H20O2. The lowest BCUT2D eigenvalue weighted by Crippen LogP contribution is -2.45. The van der Waals surface area contributed by atoms with Gasteiger partial charge < -0.3 is 9.84 Å². The Morgan fingerprint density at radius 2 is 2.20 bits per heavy atom. The molecule has 0 radical (unpaired) electrons. The van der Waals surface area contributed by atoms with Crippen LogP contribution in [-0.4, -0.2) is 23.4 Å². The van der Waals surface area contributed by atoms with Crippen molar-refractivity contribution in [3.63, 3.8) is 0 Å². The molecule has 15 heavy (non-hydrogen) atoms. The maximum atomic E-state index is 9.52. The Balaban J connectivity index is 1.69. The second kappa shape index (κ2) is 3.60. The summed E-state index contributed by atoms with van der Waals surface area (Å²) in [4.78, 5) is 0. The fourth-order valence-corrected chi connectivity index (χ4v) is 3.33. The summed E-state index contributed by atoms with van der Waals surface area (Å²) in [7, 11) is 0. The highest BCUT2D eigenvalue weighted by Gasteiger charge is 2.43. The summed E-state index contributed by atoms with van der Waals surface area (Å²) in [6, 6.07) is 0. The van der Waals surface area contributed by atoms with Crippen LogP contribution in [0.4, 0.5) is 0 Å². The first kappa shape index (κ1) is 9.86. The second-order valence-electron chi connectivity index (χ2n) is 5.42. The van der Waals surface area contributed by atoms with Crippen LogP contribution >= 0.6 is 0 Å². The van der Waals surface area contributed by atoms with Gasteiger partial charge in [0.15, 0.2) is 0 Å². The number of aliphatic hydroxyl groups excluding tert-OH is 1. The predicted molar refractivity (Wildman–Crippen MR) is 58.6 cm³/mol. The summed E-state index contributed by atoms with van der Waals surface area (Å²) >= 11 is 0. The first-order valence-electron chi connectivity index (χ1n) is 6.30. The maximum Gasteiger partial charge on any atom is 0.0726 e. The monoisotopic (exact) mass is 208 g/mol. The molecule has 2 aliphatic carbocycles. The number of rotatable bonds is 1. The fourth-order valence-electron chi connectivity index (χ4n) is 3.33. The average Bonchev–Trinajstić information content (AvgIpc) is 2.63. The van der Waals surface area contributed by atoms with E-state index in [-0.39, 0.29) is 11.7 Å². The lowest BCUT2D eigenvalue weighted by molar-refractivity contribution is -0.138. The van der Waals surface area contributed by atoms with E-state index in [1.807, 2.05) is 0 Å². The Hall–Kier alpha value is -0.340. The van der Waals surface area contributed by atoms with Crippen LogP contribution in [0, 0.1) is 5.92 Å². The molecular weight excluding hydrogens is 188 g/mol. The number of hydrogen-bond donors (Lipinski definition) is 1. The predicted octanol–water partition coefficient (Wildman–Crippen LogP) is 2.42. The fraction of sp³-hybridized carbons (Fsp3) is 0.846. The van der Waals surface area contributed by atoms with Crippen LogP contribution in [0.15, 0.2) is 11.6 Å². The molecule has 1 spiro atoms. The van der Waals surface area contributed by atoms with Crippen LogP contribution in [0.25, 0.3) is 0 Å². The van der Waals surface area contributed by atoms with Gasteiger partial charge in [-0.05, 0) is 50.9 Å². The van der Waals surface area contributed by atoms with Gasteiger partial charge in [-0.15, -0.1) is 0 Å². The quantitative estimate of drug-likeness (QED) is 0.671. The summed E-state index contributed by atoms with van der Waals surface area (Å²) in [5.41, 5.74) is 1.76. The second-order valence-corrected chi connectivity index (χ2v) is 5.42. The first-order valence-corrected chi connectivity index (χ1v) is 6.30. The van der Waals surface area contributed by atoms with E-state index in [1.165, 1.54) is 37.7 Å². The molecule has 0 bridgehead atoms. The van der Waals surface area contributed by atoms with Gasteiger partial charge in [-0.1, -0.05) is 11.6 Å². The van der Waals surface area contributed by atoms with Crippen LogP contribution in [-0.2, 0) is 4.74 Å². The topological polar surface area (TPSA) is 29.5 Å². The lowest BCUT2D eigenvalue weighted by atomic mass is 9.70. The Morgan fingerprint density at radius 1 is 1.33 bits per heavy atom. The third-order valence-corrected chi connectivity index (χ3v) is 4.42. The number of aliphatic hydroxyl groups is 1. The van der Waals surface area contributed by atoms with E-state index >= 15 is 0 Å². The zero-order chi connectivity index (χ0) is 10.3. The van der Waals surface area contributed by atoms with Gasteiger partial charge in [-0.25, -0.2) is 0 Å². The third kappa shape index (κ3) is 1.74. The van der Waals surface area contributed by atoms with Crippen molar-refractivity contribution in [2.45, 2.75) is 56.7 Å². The van der Waals surface area contributed by atoms with Gasteiger partial charge in [0.25, 0.3) is 0 Å². The van der Waals surface area contributed by atoms with Gasteiger partial charge in [-0.2, -0.15) is 0 Å². The largest absolute Gasteiger partial charge is 0.389 e. The molecule has 2 heteroatoms. The normalized spacial score (nSPS) is 38.9. The van der Waals surface area contributed by atoms with E-state index in [0.717, 1.165) is 19.4 Å². The molecule has 1 heterocycles. The van der Waals surface area contributed by atoms with E-state index in [4.69, 9.17) is 4.74 Å². The standard InChI is InChI=1S/C13H20O2/c14-12-3-2-10(8-12)11-4-7-15-13(9-11)5-1-6-13/h8,11-12,14H,1-7,9H2. The first-order chi connectivity index (χ1) is 7.27. The van der Waals surface area contributed by atoms with Crippen molar-refractivity contribution in [2.24, 2.45) is 5.92 Å². The molecule has 0 aromatic carbocycles. The summed E-state index contributed by atoms with van der Waals surface area (Å²) < 4.78 is 5.93. The molecule has 0 aromatic rings.